The molecule has 0 bridgehead atoms. The van der Waals surface area contributed by atoms with E-state index in [1.165, 1.54) is 0 Å². The molecule has 0 fully saturated rings. The first-order valence-corrected chi connectivity index (χ1v) is 6.97. The molecule has 0 saturated heterocycles. The second-order valence-electron chi connectivity index (χ2n) is 3.79. The zero-order valence-electron chi connectivity index (χ0n) is 11.1. The van der Waals surface area contributed by atoms with Crippen molar-refractivity contribution in [2.24, 2.45) is 0 Å². The van der Waals surface area contributed by atoms with Crippen LogP contribution < -0.4 is 4.74 Å². The van der Waals surface area contributed by atoms with Gasteiger partial charge in [0.25, 0.3) is 0 Å². The van der Waals surface area contributed by atoms with E-state index in [9.17, 15) is 4.79 Å². The molecule has 1 N–H and O–H groups in total. The fourth-order valence-electron chi connectivity index (χ4n) is 1.50. The molecule has 1 rings (SSSR count). The van der Waals surface area contributed by atoms with Crippen LogP contribution in [0.3, 0.4) is 0 Å². The Balaban J connectivity index is 2.74. The zero-order valence-corrected chi connectivity index (χ0v) is 11.9. The molecule has 1 aromatic carbocycles. The highest BCUT2D eigenvalue weighted by atomic mass is 32.2. The number of carboxylic acids is 1. The van der Waals surface area contributed by atoms with Gasteiger partial charge in [0.2, 0.25) is 0 Å². The number of benzene rings is 1. The Morgan fingerprint density at radius 2 is 2.21 bits per heavy atom. The van der Waals surface area contributed by atoms with E-state index in [0.29, 0.717) is 5.75 Å². The zero-order chi connectivity index (χ0) is 14.1. The number of carbonyl (C=O) groups is 1. The van der Waals surface area contributed by atoms with Crippen molar-refractivity contribution in [3.05, 3.63) is 35.4 Å². The Labute approximate surface area is 117 Å². The van der Waals surface area contributed by atoms with Gasteiger partial charge in [-0.3, -0.25) is 0 Å². The van der Waals surface area contributed by atoms with Gasteiger partial charge in [-0.15, -0.1) is 0 Å². The maximum Gasteiger partial charge on any atom is 0.328 e. The highest BCUT2D eigenvalue weighted by Gasteiger charge is 2.03. The summed E-state index contributed by atoms with van der Waals surface area (Å²) in [6.07, 6.45) is 2.66. The summed E-state index contributed by atoms with van der Waals surface area (Å²) < 4.78 is 10.2. The Kier molecular flexibility index (Phi) is 7.07. The summed E-state index contributed by atoms with van der Waals surface area (Å²) in [6, 6.07) is 5.78. The summed E-state index contributed by atoms with van der Waals surface area (Å²) in [4.78, 5) is 10.6. The minimum Gasteiger partial charge on any atom is -0.496 e. The van der Waals surface area contributed by atoms with Gasteiger partial charge in [-0.1, -0.05) is 6.07 Å². The predicted molar refractivity (Wildman–Crippen MR) is 77.7 cm³/mol. The van der Waals surface area contributed by atoms with Gasteiger partial charge < -0.3 is 14.6 Å². The van der Waals surface area contributed by atoms with E-state index in [2.05, 4.69) is 0 Å². The van der Waals surface area contributed by atoms with E-state index in [4.69, 9.17) is 14.6 Å². The van der Waals surface area contributed by atoms with Crippen molar-refractivity contribution in [3.63, 3.8) is 0 Å². The third-order valence-corrected chi connectivity index (χ3v) is 3.39. The highest BCUT2D eigenvalue weighted by Crippen LogP contribution is 2.23. The standard InChI is InChI=1S/C14H18O4S/c1-17-7-8-19-10-11-3-5-13(18-2)12(9-11)4-6-14(15)16/h3-6,9H,7-8,10H2,1-2H3,(H,15,16). The molecule has 5 heteroatoms. The van der Waals surface area contributed by atoms with Crippen molar-refractivity contribution < 1.29 is 19.4 Å². The second-order valence-corrected chi connectivity index (χ2v) is 4.90. The Morgan fingerprint density at radius 1 is 1.42 bits per heavy atom. The summed E-state index contributed by atoms with van der Waals surface area (Å²) in [5.74, 6) is 1.49. The molecular weight excluding hydrogens is 264 g/mol. The number of ether oxygens (including phenoxy) is 2. The number of carboxylic acid groups (broad SMARTS) is 1. The van der Waals surface area contributed by atoms with Crippen LogP contribution in [0.25, 0.3) is 6.08 Å². The molecule has 0 unspecified atom stereocenters. The van der Waals surface area contributed by atoms with Gasteiger partial charge in [-0.2, -0.15) is 11.8 Å². The molecule has 0 aliphatic rings. The van der Waals surface area contributed by atoms with E-state index < -0.39 is 5.97 Å². The molecule has 1 aromatic rings. The van der Waals surface area contributed by atoms with Gasteiger partial charge in [-0.25, -0.2) is 4.79 Å². The second kappa shape index (κ2) is 8.61. The van der Waals surface area contributed by atoms with Crippen LogP contribution in [0.15, 0.2) is 24.3 Å². The van der Waals surface area contributed by atoms with E-state index in [-0.39, 0.29) is 0 Å². The number of thioether (sulfide) groups is 1. The van der Waals surface area contributed by atoms with Crippen LogP contribution in [-0.2, 0) is 15.3 Å². The first kappa shape index (κ1) is 15.6. The van der Waals surface area contributed by atoms with Gasteiger partial charge in [0.05, 0.1) is 13.7 Å². The van der Waals surface area contributed by atoms with Gasteiger partial charge >= 0.3 is 5.97 Å². The van der Waals surface area contributed by atoms with Gasteiger partial charge in [0.1, 0.15) is 5.75 Å². The van der Waals surface area contributed by atoms with E-state index in [0.717, 1.165) is 35.3 Å². The SMILES string of the molecule is COCCSCc1ccc(OC)c(C=CC(=O)O)c1. The number of methoxy groups -OCH3 is 2. The van der Waals surface area contributed by atoms with Crippen LogP contribution in [0.2, 0.25) is 0 Å². The lowest BCUT2D eigenvalue weighted by Crippen LogP contribution is -1.94. The summed E-state index contributed by atoms with van der Waals surface area (Å²) in [5, 5.41) is 8.66. The molecule has 0 amide bonds. The summed E-state index contributed by atoms with van der Waals surface area (Å²) in [7, 11) is 3.25. The van der Waals surface area contributed by atoms with Gasteiger partial charge in [-0.05, 0) is 23.8 Å². The molecule has 0 aromatic heterocycles. The first-order chi connectivity index (χ1) is 9.17. The molecule has 19 heavy (non-hydrogen) atoms. The topological polar surface area (TPSA) is 55.8 Å². The highest BCUT2D eigenvalue weighted by molar-refractivity contribution is 7.98. The van der Waals surface area contributed by atoms with E-state index in [1.54, 1.807) is 32.1 Å². The predicted octanol–water partition coefficient (Wildman–Crippen LogP) is 2.67. The summed E-state index contributed by atoms with van der Waals surface area (Å²) >= 11 is 1.77. The monoisotopic (exact) mass is 282 g/mol. The van der Waals surface area contributed by atoms with Crippen LogP contribution >= 0.6 is 11.8 Å². The number of aliphatic carboxylic acids is 1. The summed E-state index contributed by atoms with van der Waals surface area (Å²) in [5.41, 5.74) is 1.90. The Morgan fingerprint density at radius 3 is 2.84 bits per heavy atom. The minimum absolute atomic E-state index is 0.670. The average molecular weight is 282 g/mol. The van der Waals surface area contributed by atoms with Crippen LogP contribution in [0.1, 0.15) is 11.1 Å². The maximum atomic E-state index is 10.6. The number of rotatable bonds is 8. The molecule has 0 radical (unpaired) electrons. The molecule has 0 aliphatic heterocycles. The maximum absolute atomic E-state index is 10.6. The summed E-state index contributed by atoms with van der Waals surface area (Å²) in [6.45, 7) is 0.729. The third-order valence-electron chi connectivity index (χ3n) is 2.40. The Hall–Kier alpha value is -1.46. The van der Waals surface area contributed by atoms with Crippen LogP contribution in [-0.4, -0.2) is 37.7 Å². The number of hydrogen-bond acceptors (Lipinski definition) is 4. The van der Waals surface area contributed by atoms with E-state index >= 15 is 0 Å². The lowest BCUT2D eigenvalue weighted by Gasteiger charge is -2.08. The smallest absolute Gasteiger partial charge is 0.328 e. The normalized spacial score (nSPS) is 10.8. The van der Waals surface area contributed by atoms with Crippen LogP contribution in [0, 0.1) is 0 Å². The quantitative estimate of drug-likeness (QED) is 0.587. The van der Waals surface area contributed by atoms with Crippen molar-refractivity contribution in [2.45, 2.75) is 5.75 Å². The van der Waals surface area contributed by atoms with E-state index in [1.807, 2.05) is 18.2 Å². The third kappa shape index (κ3) is 5.81. The molecule has 0 atom stereocenters. The van der Waals surface area contributed by atoms with Crippen molar-refractivity contribution in [1.82, 2.24) is 0 Å². The molecule has 0 aliphatic carbocycles. The van der Waals surface area contributed by atoms with Crippen LogP contribution in [0.4, 0.5) is 0 Å². The molecular formula is C14H18O4S. The van der Waals surface area contributed by atoms with Crippen molar-refractivity contribution in [3.8, 4) is 5.75 Å². The van der Waals surface area contributed by atoms with Crippen molar-refractivity contribution in [1.29, 1.82) is 0 Å². The van der Waals surface area contributed by atoms with Crippen molar-refractivity contribution >= 4 is 23.8 Å². The van der Waals surface area contributed by atoms with Gasteiger partial charge in [0, 0.05) is 30.3 Å². The fraction of sp³-hybridized carbons (Fsp3) is 0.357. The number of hydrogen-bond donors (Lipinski definition) is 1. The van der Waals surface area contributed by atoms with Crippen LogP contribution in [0.5, 0.6) is 5.75 Å². The molecule has 0 heterocycles. The minimum atomic E-state index is -0.970. The molecule has 0 saturated carbocycles. The molecule has 0 spiro atoms. The largest absolute Gasteiger partial charge is 0.496 e. The van der Waals surface area contributed by atoms with Gasteiger partial charge in [0.15, 0.2) is 0 Å². The lowest BCUT2D eigenvalue weighted by molar-refractivity contribution is -0.131. The molecule has 4 nitrogen and oxygen atoms in total. The fourth-order valence-corrected chi connectivity index (χ4v) is 2.34. The average Bonchev–Trinajstić information content (AvgIpc) is 2.41. The Bertz CT molecular complexity index is 443. The molecule has 104 valence electrons. The lowest BCUT2D eigenvalue weighted by atomic mass is 10.1. The first-order valence-electron chi connectivity index (χ1n) is 5.82. The van der Waals surface area contributed by atoms with Crippen molar-refractivity contribution in [2.75, 3.05) is 26.6 Å².